The first-order chi connectivity index (χ1) is 7.08. The second kappa shape index (κ2) is 3.97. The summed E-state index contributed by atoms with van der Waals surface area (Å²) in [5.41, 5.74) is 8.43. The van der Waals surface area contributed by atoms with Gasteiger partial charge in [0.25, 0.3) is 0 Å². The predicted molar refractivity (Wildman–Crippen MR) is 61.9 cm³/mol. The smallest absolute Gasteiger partial charge is 0.0596 e. The molecule has 3 heteroatoms. The highest BCUT2D eigenvalue weighted by molar-refractivity contribution is 5.14. The molecule has 2 unspecified atom stereocenters. The van der Waals surface area contributed by atoms with E-state index in [0.29, 0.717) is 18.0 Å². The lowest BCUT2D eigenvalue weighted by atomic mass is 10.1. The number of aryl methyl sites for hydroxylation is 1. The van der Waals surface area contributed by atoms with Crippen molar-refractivity contribution in [2.75, 3.05) is 0 Å². The Morgan fingerprint density at radius 2 is 2.20 bits per heavy atom. The number of aromatic nitrogens is 2. The summed E-state index contributed by atoms with van der Waals surface area (Å²) in [5, 5.41) is 4.61. The lowest BCUT2D eigenvalue weighted by molar-refractivity contribution is 0.435. The van der Waals surface area contributed by atoms with Gasteiger partial charge in [-0.3, -0.25) is 4.68 Å². The third-order valence-electron chi connectivity index (χ3n) is 3.27. The van der Waals surface area contributed by atoms with Crippen LogP contribution in [0.5, 0.6) is 0 Å². The van der Waals surface area contributed by atoms with E-state index >= 15 is 0 Å². The molecular weight excluding hydrogens is 186 g/mol. The zero-order valence-electron chi connectivity index (χ0n) is 9.90. The van der Waals surface area contributed by atoms with Gasteiger partial charge in [-0.2, -0.15) is 5.10 Å². The molecule has 1 heterocycles. The second-order valence-electron chi connectivity index (χ2n) is 5.04. The highest BCUT2D eigenvalue weighted by Crippen LogP contribution is 2.31. The van der Waals surface area contributed by atoms with Gasteiger partial charge in [-0.25, -0.2) is 0 Å². The standard InChI is InChI=1S/C12H21N3/c1-8(2)12-6-9(3)14-15(12)11-5-4-10(13)7-11/h6,8,10-11H,4-5,7,13H2,1-3H3. The quantitative estimate of drug-likeness (QED) is 0.809. The fraction of sp³-hybridized carbons (Fsp3) is 0.750. The van der Waals surface area contributed by atoms with Crippen LogP contribution in [0.2, 0.25) is 0 Å². The highest BCUT2D eigenvalue weighted by Gasteiger charge is 2.26. The summed E-state index contributed by atoms with van der Waals surface area (Å²) in [6.07, 6.45) is 3.41. The third kappa shape index (κ3) is 2.07. The first kappa shape index (κ1) is 10.7. The Kier molecular flexibility index (Phi) is 2.83. The van der Waals surface area contributed by atoms with Crippen molar-refractivity contribution in [3.8, 4) is 0 Å². The predicted octanol–water partition coefficient (Wildman–Crippen LogP) is 2.37. The van der Waals surface area contributed by atoms with Crippen molar-refractivity contribution in [1.82, 2.24) is 9.78 Å². The largest absolute Gasteiger partial charge is 0.328 e. The van der Waals surface area contributed by atoms with Crippen molar-refractivity contribution in [3.63, 3.8) is 0 Å². The SMILES string of the molecule is Cc1cc(C(C)C)n(C2CCC(N)C2)n1. The Labute approximate surface area is 91.7 Å². The maximum atomic E-state index is 5.95. The highest BCUT2D eigenvalue weighted by atomic mass is 15.3. The van der Waals surface area contributed by atoms with Crippen LogP contribution in [0.25, 0.3) is 0 Å². The van der Waals surface area contributed by atoms with Gasteiger partial charge in [-0.1, -0.05) is 13.8 Å². The number of nitrogens with zero attached hydrogens (tertiary/aromatic N) is 2. The van der Waals surface area contributed by atoms with Gasteiger partial charge in [-0.15, -0.1) is 0 Å². The van der Waals surface area contributed by atoms with Crippen molar-refractivity contribution >= 4 is 0 Å². The van der Waals surface area contributed by atoms with Crippen molar-refractivity contribution < 1.29 is 0 Å². The van der Waals surface area contributed by atoms with E-state index in [1.54, 1.807) is 0 Å². The molecule has 0 spiro atoms. The van der Waals surface area contributed by atoms with Crippen LogP contribution in [-0.2, 0) is 0 Å². The summed E-state index contributed by atoms with van der Waals surface area (Å²) in [4.78, 5) is 0. The van der Waals surface area contributed by atoms with Gasteiger partial charge in [0.1, 0.15) is 0 Å². The molecular formula is C12H21N3. The fourth-order valence-electron chi connectivity index (χ4n) is 2.47. The Morgan fingerprint density at radius 3 is 2.73 bits per heavy atom. The van der Waals surface area contributed by atoms with Gasteiger partial charge in [-0.05, 0) is 38.2 Å². The Morgan fingerprint density at radius 1 is 1.47 bits per heavy atom. The molecule has 1 saturated carbocycles. The van der Waals surface area contributed by atoms with E-state index in [0.717, 1.165) is 18.5 Å². The Balaban J connectivity index is 2.26. The first-order valence-corrected chi connectivity index (χ1v) is 5.89. The fourth-order valence-corrected chi connectivity index (χ4v) is 2.47. The van der Waals surface area contributed by atoms with E-state index < -0.39 is 0 Å². The molecule has 0 bridgehead atoms. The summed E-state index contributed by atoms with van der Waals surface area (Å²) in [6, 6.07) is 3.11. The zero-order chi connectivity index (χ0) is 11.0. The number of hydrogen-bond acceptors (Lipinski definition) is 2. The molecule has 0 saturated heterocycles. The maximum Gasteiger partial charge on any atom is 0.0596 e. The van der Waals surface area contributed by atoms with Crippen LogP contribution in [0.15, 0.2) is 6.07 Å². The summed E-state index contributed by atoms with van der Waals surface area (Å²) < 4.78 is 2.22. The average molecular weight is 207 g/mol. The van der Waals surface area contributed by atoms with Crippen LogP contribution >= 0.6 is 0 Å². The van der Waals surface area contributed by atoms with Gasteiger partial charge < -0.3 is 5.73 Å². The van der Waals surface area contributed by atoms with Crippen molar-refractivity contribution in [2.45, 2.75) is 58.0 Å². The van der Waals surface area contributed by atoms with Crippen LogP contribution in [0.3, 0.4) is 0 Å². The van der Waals surface area contributed by atoms with E-state index in [-0.39, 0.29) is 0 Å². The van der Waals surface area contributed by atoms with E-state index in [1.807, 2.05) is 0 Å². The van der Waals surface area contributed by atoms with Gasteiger partial charge in [0.15, 0.2) is 0 Å². The Hall–Kier alpha value is -0.830. The van der Waals surface area contributed by atoms with Crippen LogP contribution < -0.4 is 5.73 Å². The maximum absolute atomic E-state index is 5.95. The molecule has 2 atom stereocenters. The molecule has 1 aromatic rings. The molecule has 0 radical (unpaired) electrons. The van der Waals surface area contributed by atoms with Gasteiger partial charge in [0.05, 0.1) is 11.7 Å². The molecule has 2 rings (SSSR count). The topological polar surface area (TPSA) is 43.8 Å². The zero-order valence-corrected chi connectivity index (χ0v) is 9.90. The lowest BCUT2D eigenvalue weighted by Crippen LogP contribution is -2.17. The summed E-state index contributed by atoms with van der Waals surface area (Å²) >= 11 is 0. The minimum Gasteiger partial charge on any atom is -0.328 e. The normalized spacial score (nSPS) is 26.5. The van der Waals surface area contributed by atoms with Crippen LogP contribution in [0.4, 0.5) is 0 Å². The molecule has 0 amide bonds. The summed E-state index contributed by atoms with van der Waals surface area (Å²) in [5.74, 6) is 0.544. The van der Waals surface area contributed by atoms with E-state index in [2.05, 4.69) is 36.6 Å². The number of hydrogen-bond donors (Lipinski definition) is 1. The molecule has 1 fully saturated rings. The van der Waals surface area contributed by atoms with Crippen molar-refractivity contribution in [2.24, 2.45) is 5.73 Å². The molecule has 0 aliphatic heterocycles. The second-order valence-corrected chi connectivity index (χ2v) is 5.04. The van der Waals surface area contributed by atoms with Gasteiger partial charge in [0.2, 0.25) is 0 Å². The number of rotatable bonds is 2. The van der Waals surface area contributed by atoms with E-state index in [4.69, 9.17) is 5.73 Å². The molecule has 0 aromatic carbocycles. The molecule has 2 N–H and O–H groups in total. The number of nitrogens with two attached hydrogens (primary N) is 1. The average Bonchev–Trinajstić information content (AvgIpc) is 2.71. The lowest BCUT2D eigenvalue weighted by Gasteiger charge is -2.16. The molecule has 84 valence electrons. The van der Waals surface area contributed by atoms with Crippen LogP contribution in [0, 0.1) is 6.92 Å². The summed E-state index contributed by atoms with van der Waals surface area (Å²) in [7, 11) is 0. The monoisotopic (exact) mass is 207 g/mol. The first-order valence-electron chi connectivity index (χ1n) is 5.89. The Bertz CT molecular complexity index is 341. The molecule has 1 aliphatic rings. The minimum atomic E-state index is 0.375. The molecule has 3 nitrogen and oxygen atoms in total. The van der Waals surface area contributed by atoms with E-state index in [9.17, 15) is 0 Å². The molecule has 15 heavy (non-hydrogen) atoms. The van der Waals surface area contributed by atoms with Crippen LogP contribution in [-0.4, -0.2) is 15.8 Å². The van der Waals surface area contributed by atoms with Gasteiger partial charge >= 0.3 is 0 Å². The molecule has 1 aromatic heterocycles. The van der Waals surface area contributed by atoms with Crippen LogP contribution in [0.1, 0.15) is 56.5 Å². The third-order valence-corrected chi connectivity index (χ3v) is 3.27. The van der Waals surface area contributed by atoms with Crippen molar-refractivity contribution in [1.29, 1.82) is 0 Å². The summed E-state index contributed by atoms with van der Waals surface area (Å²) in [6.45, 7) is 6.51. The van der Waals surface area contributed by atoms with Crippen molar-refractivity contribution in [3.05, 3.63) is 17.5 Å². The minimum absolute atomic E-state index is 0.375. The van der Waals surface area contributed by atoms with E-state index in [1.165, 1.54) is 12.1 Å². The van der Waals surface area contributed by atoms with Gasteiger partial charge in [0, 0.05) is 11.7 Å². The molecule has 1 aliphatic carbocycles.